The van der Waals surface area contributed by atoms with Gasteiger partial charge in [0.1, 0.15) is 0 Å². The predicted octanol–water partition coefficient (Wildman–Crippen LogP) is 1.69. The number of benzene rings is 2. The average molecular weight is 545 g/mol. The van der Waals surface area contributed by atoms with Crippen LogP contribution in [-0.2, 0) is 25.9 Å². The Hall–Kier alpha value is -3.93. The number of carbonyl (C=O) groups is 4. The van der Waals surface area contributed by atoms with Crippen LogP contribution >= 0.6 is 0 Å². The second-order valence-corrected chi connectivity index (χ2v) is 11.2. The van der Waals surface area contributed by atoms with Crippen molar-refractivity contribution in [2.24, 2.45) is 0 Å². The maximum Gasteiger partial charge on any atom is 0.338 e. The molecule has 1 atom stereocenters. The predicted molar refractivity (Wildman–Crippen MR) is 135 cm³/mol. The summed E-state index contributed by atoms with van der Waals surface area (Å²) >= 11 is 0. The molecule has 1 saturated heterocycles. The second-order valence-electron chi connectivity index (χ2n) is 8.93. The minimum Gasteiger partial charge on any atom is -0.493 e. The highest BCUT2D eigenvalue weighted by molar-refractivity contribution is 7.91. The molecular weight excluding hydrogens is 516 g/mol. The van der Waals surface area contributed by atoms with E-state index in [9.17, 15) is 27.6 Å². The van der Waals surface area contributed by atoms with Crippen LogP contribution < -0.4 is 9.47 Å². The van der Waals surface area contributed by atoms with Gasteiger partial charge in [-0.05, 0) is 37.6 Å². The van der Waals surface area contributed by atoms with Gasteiger partial charge in [-0.1, -0.05) is 12.1 Å². The van der Waals surface area contributed by atoms with Gasteiger partial charge in [0.05, 0.1) is 49.0 Å². The van der Waals surface area contributed by atoms with Crippen molar-refractivity contribution in [2.75, 3.05) is 38.9 Å². The lowest BCUT2D eigenvalue weighted by molar-refractivity contribution is -0.136. The number of imide groups is 1. The molecule has 0 unspecified atom stereocenters. The number of ether oxygens (including phenoxy) is 3. The van der Waals surface area contributed by atoms with Gasteiger partial charge in [0.15, 0.2) is 27.9 Å². The molecule has 2 heterocycles. The Kier molecular flexibility index (Phi) is 7.72. The molecule has 12 heteroatoms. The number of sulfone groups is 1. The summed E-state index contributed by atoms with van der Waals surface area (Å²) in [6, 6.07) is 8.80. The van der Waals surface area contributed by atoms with Gasteiger partial charge in [0.25, 0.3) is 17.7 Å². The molecule has 3 amide bonds. The molecule has 202 valence electrons. The summed E-state index contributed by atoms with van der Waals surface area (Å²) in [4.78, 5) is 53.8. The van der Waals surface area contributed by atoms with Crippen LogP contribution in [0.25, 0.3) is 0 Å². The maximum atomic E-state index is 12.9. The summed E-state index contributed by atoms with van der Waals surface area (Å²) in [5.74, 6) is -1.98. The standard InChI is InChI=1S/C26H28N2O9S/c1-4-27(18-9-10-38(33,34)15-18)22(29)14-37-26(32)16-11-17(23(36-3)21(12-16)35-2)13-28-24(30)19-7-5-6-8-20(19)25(28)31/h5-8,11-12,18H,4,9-10,13-15H2,1-3H3/t18-/m1/s1. The highest BCUT2D eigenvalue weighted by Gasteiger charge is 2.36. The molecule has 0 radical (unpaired) electrons. The number of esters is 1. The summed E-state index contributed by atoms with van der Waals surface area (Å²) in [5.41, 5.74) is 0.917. The van der Waals surface area contributed by atoms with Crippen molar-refractivity contribution in [3.8, 4) is 11.5 Å². The topological polar surface area (TPSA) is 137 Å². The van der Waals surface area contributed by atoms with Gasteiger partial charge in [0.2, 0.25) is 0 Å². The Labute approximate surface area is 220 Å². The summed E-state index contributed by atoms with van der Waals surface area (Å²) in [6.07, 6.45) is 0.340. The lowest BCUT2D eigenvalue weighted by atomic mass is 10.1. The SMILES string of the molecule is CCN(C(=O)COC(=O)c1cc(CN2C(=O)c3ccccc3C2=O)c(OC)c(OC)c1)[C@@H]1CCS(=O)(=O)C1. The Morgan fingerprint density at radius 2 is 1.71 bits per heavy atom. The highest BCUT2D eigenvalue weighted by atomic mass is 32.2. The molecule has 2 aromatic carbocycles. The van der Waals surface area contributed by atoms with Crippen molar-refractivity contribution in [3.05, 3.63) is 58.7 Å². The summed E-state index contributed by atoms with van der Waals surface area (Å²) in [7, 11) is -0.428. The molecule has 2 aromatic rings. The fourth-order valence-electron chi connectivity index (χ4n) is 4.78. The van der Waals surface area contributed by atoms with Gasteiger partial charge >= 0.3 is 5.97 Å². The molecule has 1 fully saturated rings. The minimum absolute atomic E-state index is 0.0166. The Bertz CT molecular complexity index is 1370. The molecule has 2 aliphatic heterocycles. The van der Waals surface area contributed by atoms with E-state index in [2.05, 4.69) is 0 Å². The van der Waals surface area contributed by atoms with Gasteiger partial charge in [-0.25, -0.2) is 13.2 Å². The molecule has 2 aliphatic rings. The zero-order valence-electron chi connectivity index (χ0n) is 21.3. The molecule has 0 aliphatic carbocycles. The Morgan fingerprint density at radius 1 is 1.05 bits per heavy atom. The highest BCUT2D eigenvalue weighted by Crippen LogP contribution is 2.35. The normalized spacial score (nSPS) is 17.8. The van der Waals surface area contributed by atoms with E-state index in [4.69, 9.17) is 14.2 Å². The van der Waals surface area contributed by atoms with Crippen LogP contribution in [0.4, 0.5) is 0 Å². The molecule has 0 N–H and O–H groups in total. The van der Waals surface area contributed by atoms with E-state index in [-0.39, 0.29) is 52.8 Å². The Morgan fingerprint density at radius 3 is 2.24 bits per heavy atom. The summed E-state index contributed by atoms with van der Waals surface area (Å²) in [6.45, 7) is 1.23. The number of fused-ring (bicyclic) bond motifs is 1. The monoisotopic (exact) mass is 544 g/mol. The third kappa shape index (κ3) is 5.21. The van der Waals surface area contributed by atoms with E-state index in [0.29, 0.717) is 12.0 Å². The van der Waals surface area contributed by atoms with Crippen molar-refractivity contribution in [3.63, 3.8) is 0 Å². The van der Waals surface area contributed by atoms with Crippen LogP contribution in [-0.4, -0.2) is 86.8 Å². The lowest BCUT2D eigenvalue weighted by Gasteiger charge is -2.26. The fourth-order valence-corrected chi connectivity index (χ4v) is 6.52. The van der Waals surface area contributed by atoms with Gasteiger partial charge in [-0.2, -0.15) is 0 Å². The molecule has 4 rings (SSSR count). The van der Waals surface area contributed by atoms with Gasteiger partial charge < -0.3 is 19.1 Å². The van der Waals surface area contributed by atoms with Crippen LogP contribution in [0.5, 0.6) is 11.5 Å². The molecule has 11 nitrogen and oxygen atoms in total. The van der Waals surface area contributed by atoms with Crippen molar-refractivity contribution < 1.29 is 41.8 Å². The molecular formula is C26H28N2O9S. The van der Waals surface area contributed by atoms with Crippen molar-refractivity contribution in [1.82, 2.24) is 9.80 Å². The minimum atomic E-state index is -3.19. The van der Waals surface area contributed by atoms with Gasteiger partial charge in [-0.3, -0.25) is 19.3 Å². The van der Waals surface area contributed by atoms with E-state index in [1.807, 2.05) is 0 Å². The van der Waals surface area contributed by atoms with E-state index in [1.54, 1.807) is 31.2 Å². The number of hydrogen-bond donors (Lipinski definition) is 0. The van der Waals surface area contributed by atoms with Crippen LogP contribution in [0.1, 0.15) is 50.0 Å². The first-order chi connectivity index (χ1) is 18.1. The summed E-state index contributed by atoms with van der Waals surface area (Å²) < 4.78 is 39.7. The molecule has 0 spiro atoms. The molecule has 0 aromatic heterocycles. The summed E-state index contributed by atoms with van der Waals surface area (Å²) in [5, 5.41) is 0. The van der Waals surface area contributed by atoms with Crippen LogP contribution in [0, 0.1) is 0 Å². The largest absolute Gasteiger partial charge is 0.493 e. The van der Waals surface area contributed by atoms with Crippen LogP contribution in [0.15, 0.2) is 36.4 Å². The number of carbonyl (C=O) groups excluding carboxylic acids is 4. The first kappa shape index (κ1) is 27.1. The van der Waals surface area contributed by atoms with E-state index >= 15 is 0 Å². The molecule has 38 heavy (non-hydrogen) atoms. The van der Waals surface area contributed by atoms with Crippen molar-refractivity contribution in [2.45, 2.75) is 25.9 Å². The first-order valence-corrected chi connectivity index (χ1v) is 13.8. The number of rotatable bonds is 9. The zero-order valence-corrected chi connectivity index (χ0v) is 22.1. The van der Waals surface area contributed by atoms with Crippen molar-refractivity contribution in [1.29, 1.82) is 0 Å². The number of nitrogens with zero attached hydrogens (tertiary/aromatic N) is 2. The maximum absolute atomic E-state index is 12.9. The van der Waals surface area contributed by atoms with Gasteiger partial charge in [-0.15, -0.1) is 0 Å². The van der Waals surface area contributed by atoms with E-state index in [1.165, 1.54) is 31.3 Å². The average Bonchev–Trinajstić information content (AvgIpc) is 3.38. The van der Waals surface area contributed by atoms with E-state index < -0.39 is 46.2 Å². The number of methoxy groups -OCH3 is 2. The fraction of sp³-hybridized carbons (Fsp3) is 0.385. The van der Waals surface area contributed by atoms with Crippen LogP contribution in [0.3, 0.4) is 0 Å². The number of likely N-dealkylation sites (N-methyl/N-ethyl adjacent to an activating group) is 1. The quantitative estimate of drug-likeness (QED) is 0.341. The zero-order chi connectivity index (χ0) is 27.6. The third-order valence-corrected chi connectivity index (χ3v) is 8.39. The Balaban J connectivity index is 1.52. The van der Waals surface area contributed by atoms with Crippen molar-refractivity contribution >= 4 is 33.5 Å². The third-order valence-electron chi connectivity index (χ3n) is 6.64. The number of amides is 3. The lowest BCUT2D eigenvalue weighted by Crippen LogP contribution is -2.43. The second kappa shape index (κ2) is 10.8. The smallest absolute Gasteiger partial charge is 0.338 e. The first-order valence-electron chi connectivity index (χ1n) is 12.0. The number of hydrogen-bond acceptors (Lipinski definition) is 9. The molecule has 0 saturated carbocycles. The van der Waals surface area contributed by atoms with Gasteiger partial charge in [0, 0.05) is 18.2 Å². The van der Waals surface area contributed by atoms with E-state index in [0.717, 1.165) is 4.90 Å². The molecule has 0 bridgehead atoms. The van der Waals surface area contributed by atoms with Crippen LogP contribution in [0.2, 0.25) is 0 Å².